The van der Waals surface area contributed by atoms with Crippen molar-refractivity contribution in [1.29, 1.82) is 0 Å². The third-order valence-corrected chi connectivity index (χ3v) is 4.68. The maximum absolute atomic E-state index is 13.8. The summed E-state index contributed by atoms with van der Waals surface area (Å²) in [5.41, 5.74) is 1.36. The molecule has 32 heavy (non-hydrogen) atoms. The number of carbonyl (C=O) groups is 2. The molecular weight excluding hydrogens is 420 g/mol. The number of hydrogen-bond acceptors (Lipinski definition) is 6. The molecule has 0 bridgehead atoms. The normalized spacial score (nSPS) is 10.9. The topological polar surface area (TPSA) is 98.5 Å². The van der Waals surface area contributed by atoms with Crippen LogP contribution in [0, 0.1) is 11.6 Å². The SMILES string of the molecule is CCC(=O)c1cc(F)ccc1NC(=O)c1nc2cnc(-c3cc(F)cc(OC)c3)cn2n1. The Morgan fingerprint density at radius 2 is 1.94 bits per heavy atom. The maximum atomic E-state index is 13.8. The molecule has 2 heterocycles. The molecule has 0 saturated heterocycles. The van der Waals surface area contributed by atoms with Crippen LogP contribution >= 0.6 is 0 Å². The second-order valence-corrected chi connectivity index (χ2v) is 6.81. The van der Waals surface area contributed by atoms with Crippen molar-refractivity contribution in [3.05, 3.63) is 71.8 Å². The summed E-state index contributed by atoms with van der Waals surface area (Å²) >= 11 is 0. The Hall–Kier alpha value is -4.21. The van der Waals surface area contributed by atoms with E-state index in [4.69, 9.17) is 4.74 Å². The fourth-order valence-electron chi connectivity index (χ4n) is 3.09. The molecule has 0 atom stereocenters. The standard InChI is InChI=1S/C22H17F2N5O3/c1-3-19(30)16-9-13(23)4-5-17(16)26-22(31)21-27-20-10-25-18(11-29(20)28-21)12-6-14(24)8-15(7-12)32-2/h4-11H,3H2,1-2H3,(H,26,31). The summed E-state index contributed by atoms with van der Waals surface area (Å²) in [5.74, 6) is -1.92. The zero-order valence-electron chi connectivity index (χ0n) is 17.1. The zero-order chi connectivity index (χ0) is 22.8. The third kappa shape index (κ3) is 4.15. The summed E-state index contributed by atoms with van der Waals surface area (Å²) in [6.45, 7) is 1.64. The lowest BCUT2D eigenvalue weighted by molar-refractivity contribution is 0.0988. The first-order chi connectivity index (χ1) is 15.4. The second-order valence-electron chi connectivity index (χ2n) is 6.81. The summed E-state index contributed by atoms with van der Waals surface area (Å²) in [6, 6.07) is 7.67. The fraction of sp³-hybridized carbons (Fsp3) is 0.136. The molecule has 4 rings (SSSR count). The molecule has 0 aliphatic rings. The minimum Gasteiger partial charge on any atom is -0.497 e. The number of nitrogens with zero attached hydrogens (tertiary/aromatic N) is 4. The molecule has 1 amide bonds. The van der Waals surface area contributed by atoms with Crippen LogP contribution in [-0.2, 0) is 0 Å². The zero-order valence-corrected chi connectivity index (χ0v) is 17.1. The van der Waals surface area contributed by atoms with Gasteiger partial charge in [-0.05, 0) is 30.3 Å². The van der Waals surface area contributed by atoms with Crippen LogP contribution in [-0.4, -0.2) is 38.4 Å². The highest BCUT2D eigenvalue weighted by atomic mass is 19.1. The Balaban J connectivity index is 1.65. The third-order valence-electron chi connectivity index (χ3n) is 4.68. The molecule has 2 aromatic heterocycles. The highest BCUT2D eigenvalue weighted by Gasteiger charge is 2.18. The monoisotopic (exact) mass is 437 g/mol. The molecular formula is C22H17F2N5O3. The Morgan fingerprint density at radius 3 is 2.69 bits per heavy atom. The maximum Gasteiger partial charge on any atom is 0.295 e. The van der Waals surface area contributed by atoms with Gasteiger partial charge in [0.2, 0.25) is 5.82 Å². The van der Waals surface area contributed by atoms with Crippen LogP contribution in [0.15, 0.2) is 48.8 Å². The number of halogens is 2. The Labute approximate surface area is 180 Å². The van der Waals surface area contributed by atoms with Gasteiger partial charge in [0.25, 0.3) is 5.91 Å². The van der Waals surface area contributed by atoms with Gasteiger partial charge in [-0.15, -0.1) is 5.10 Å². The Morgan fingerprint density at radius 1 is 1.12 bits per heavy atom. The number of aromatic nitrogens is 4. The Bertz CT molecular complexity index is 1350. The molecule has 0 saturated carbocycles. The second kappa shape index (κ2) is 8.50. The predicted octanol–water partition coefficient (Wildman–Crippen LogP) is 3.92. The first kappa shape index (κ1) is 21.0. The van der Waals surface area contributed by atoms with Crippen LogP contribution in [0.1, 0.15) is 34.3 Å². The van der Waals surface area contributed by atoms with E-state index >= 15 is 0 Å². The average molecular weight is 437 g/mol. The van der Waals surface area contributed by atoms with E-state index in [2.05, 4.69) is 20.4 Å². The average Bonchev–Trinajstić information content (AvgIpc) is 3.22. The first-order valence-electron chi connectivity index (χ1n) is 9.59. The molecule has 0 unspecified atom stereocenters. The van der Waals surface area contributed by atoms with Gasteiger partial charge in [0.1, 0.15) is 17.4 Å². The fourth-order valence-corrected chi connectivity index (χ4v) is 3.09. The number of fused-ring (bicyclic) bond motifs is 1. The van der Waals surface area contributed by atoms with Crippen molar-refractivity contribution in [2.24, 2.45) is 0 Å². The molecule has 0 radical (unpaired) electrons. The van der Waals surface area contributed by atoms with Gasteiger partial charge in [0, 0.05) is 23.6 Å². The van der Waals surface area contributed by atoms with Gasteiger partial charge >= 0.3 is 0 Å². The highest BCUT2D eigenvalue weighted by Crippen LogP contribution is 2.24. The minimum atomic E-state index is -0.681. The molecule has 4 aromatic rings. The van der Waals surface area contributed by atoms with Crippen molar-refractivity contribution in [2.75, 3.05) is 12.4 Å². The van der Waals surface area contributed by atoms with E-state index < -0.39 is 17.5 Å². The van der Waals surface area contributed by atoms with E-state index in [0.717, 1.165) is 12.1 Å². The van der Waals surface area contributed by atoms with E-state index in [1.54, 1.807) is 13.0 Å². The van der Waals surface area contributed by atoms with E-state index in [1.807, 2.05) is 0 Å². The van der Waals surface area contributed by atoms with E-state index in [0.29, 0.717) is 17.0 Å². The van der Waals surface area contributed by atoms with Crippen molar-refractivity contribution >= 4 is 23.0 Å². The molecule has 0 fully saturated rings. The lowest BCUT2D eigenvalue weighted by Gasteiger charge is -2.08. The number of benzene rings is 2. The number of rotatable bonds is 6. The number of nitrogens with one attached hydrogen (secondary N) is 1. The molecule has 0 aliphatic heterocycles. The number of ether oxygens (including phenoxy) is 1. The van der Waals surface area contributed by atoms with Crippen molar-refractivity contribution in [1.82, 2.24) is 19.6 Å². The van der Waals surface area contributed by atoms with Crippen molar-refractivity contribution in [3.63, 3.8) is 0 Å². The number of ketones is 1. The molecule has 0 aliphatic carbocycles. The van der Waals surface area contributed by atoms with Crippen LogP contribution < -0.4 is 10.1 Å². The van der Waals surface area contributed by atoms with Gasteiger partial charge in [-0.25, -0.2) is 18.3 Å². The summed E-state index contributed by atoms with van der Waals surface area (Å²) in [6.07, 6.45) is 3.04. The molecule has 0 spiro atoms. The predicted molar refractivity (Wildman–Crippen MR) is 112 cm³/mol. The van der Waals surface area contributed by atoms with Crippen molar-refractivity contribution < 1.29 is 23.1 Å². The minimum absolute atomic E-state index is 0.0635. The summed E-state index contributed by atoms with van der Waals surface area (Å²) in [7, 11) is 1.43. The van der Waals surface area contributed by atoms with Gasteiger partial charge in [-0.3, -0.25) is 14.6 Å². The van der Waals surface area contributed by atoms with Crippen LogP contribution in [0.25, 0.3) is 16.9 Å². The first-order valence-corrected chi connectivity index (χ1v) is 9.59. The van der Waals surface area contributed by atoms with Crippen LogP contribution in [0.2, 0.25) is 0 Å². The van der Waals surface area contributed by atoms with Gasteiger partial charge in [-0.1, -0.05) is 6.92 Å². The highest BCUT2D eigenvalue weighted by molar-refractivity contribution is 6.08. The van der Waals surface area contributed by atoms with Crippen LogP contribution in [0.4, 0.5) is 14.5 Å². The van der Waals surface area contributed by atoms with Gasteiger partial charge in [-0.2, -0.15) is 0 Å². The molecule has 2 aromatic carbocycles. The van der Waals surface area contributed by atoms with E-state index in [9.17, 15) is 18.4 Å². The number of amides is 1. The largest absolute Gasteiger partial charge is 0.497 e. The van der Waals surface area contributed by atoms with Crippen LogP contribution in [0.5, 0.6) is 5.75 Å². The van der Waals surface area contributed by atoms with Crippen molar-refractivity contribution in [2.45, 2.75) is 13.3 Å². The Kier molecular flexibility index (Phi) is 5.59. The van der Waals surface area contributed by atoms with Gasteiger partial charge in [0.05, 0.1) is 30.9 Å². The summed E-state index contributed by atoms with van der Waals surface area (Å²) in [5, 5.41) is 6.69. The number of anilines is 1. The van der Waals surface area contributed by atoms with Gasteiger partial charge in [0.15, 0.2) is 11.4 Å². The number of methoxy groups -OCH3 is 1. The van der Waals surface area contributed by atoms with Crippen LogP contribution in [0.3, 0.4) is 0 Å². The number of Topliss-reactive ketones (excluding diaryl/α,β-unsaturated/α-hetero) is 1. The van der Waals surface area contributed by atoms with Gasteiger partial charge < -0.3 is 10.1 Å². The lowest BCUT2D eigenvalue weighted by Crippen LogP contribution is -2.16. The number of carbonyl (C=O) groups excluding carboxylic acids is 2. The smallest absolute Gasteiger partial charge is 0.295 e. The molecule has 1 N–H and O–H groups in total. The lowest BCUT2D eigenvalue weighted by atomic mass is 10.1. The quantitative estimate of drug-likeness (QED) is 0.459. The molecule has 162 valence electrons. The molecule has 10 heteroatoms. The number of hydrogen-bond donors (Lipinski definition) is 1. The summed E-state index contributed by atoms with van der Waals surface area (Å²) in [4.78, 5) is 33.1. The molecule has 8 nitrogen and oxygen atoms in total. The van der Waals surface area contributed by atoms with E-state index in [-0.39, 0.29) is 34.9 Å². The van der Waals surface area contributed by atoms with Crippen molar-refractivity contribution in [3.8, 4) is 17.0 Å². The van der Waals surface area contributed by atoms with E-state index in [1.165, 1.54) is 42.2 Å². The summed E-state index contributed by atoms with van der Waals surface area (Å²) < 4.78 is 33.8.